The van der Waals surface area contributed by atoms with E-state index in [1.54, 1.807) is 0 Å². The van der Waals surface area contributed by atoms with Gasteiger partial charge in [-0.2, -0.15) is 0 Å². The lowest BCUT2D eigenvalue weighted by Gasteiger charge is -2.38. The molecule has 0 aliphatic carbocycles. The Kier molecular flexibility index (Phi) is 5.02. The van der Waals surface area contributed by atoms with E-state index >= 15 is 0 Å². The molecule has 0 unspecified atom stereocenters. The zero-order chi connectivity index (χ0) is 16.4. The van der Waals surface area contributed by atoms with E-state index in [0.717, 1.165) is 63.6 Å². The van der Waals surface area contributed by atoms with Gasteiger partial charge in [-0.3, -0.25) is 9.69 Å². The van der Waals surface area contributed by atoms with Crippen LogP contribution in [0.1, 0.15) is 36.8 Å². The van der Waals surface area contributed by atoms with Crippen molar-refractivity contribution in [2.75, 3.05) is 32.8 Å². The molecule has 2 aliphatic rings. The van der Waals surface area contributed by atoms with E-state index in [0.29, 0.717) is 0 Å². The van der Waals surface area contributed by atoms with Crippen LogP contribution in [-0.4, -0.2) is 59.8 Å². The topological polar surface area (TPSA) is 58.8 Å². The summed E-state index contributed by atoms with van der Waals surface area (Å²) in [6.45, 7) is 11.0. The fourth-order valence-electron chi connectivity index (χ4n) is 3.56. The number of carbonyl (C=O) groups excluding carboxylic acids is 1. The monoisotopic (exact) mass is 321 g/mol. The summed E-state index contributed by atoms with van der Waals surface area (Å²) in [5.74, 6) is 1.21. The highest BCUT2D eigenvalue weighted by molar-refractivity contribution is 5.79. The van der Waals surface area contributed by atoms with Crippen LogP contribution in [0, 0.1) is 19.8 Å². The Morgan fingerprint density at radius 1 is 1.26 bits per heavy atom. The van der Waals surface area contributed by atoms with Crippen molar-refractivity contribution < 1.29 is 14.1 Å². The highest BCUT2D eigenvalue weighted by atomic mass is 16.5. The number of hydrogen-bond donors (Lipinski definition) is 0. The minimum atomic E-state index is 0.0397. The maximum Gasteiger partial charge on any atom is 0.228 e. The summed E-state index contributed by atoms with van der Waals surface area (Å²) in [6.07, 6.45) is 2.00. The van der Waals surface area contributed by atoms with Crippen LogP contribution in [0.4, 0.5) is 0 Å². The van der Waals surface area contributed by atoms with Gasteiger partial charge in [-0.05, 0) is 33.6 Å². The van der Waals surface area contributed by atoms with Crippen LogP contribution < -0.4 is 0 Å². The largest absolute Gasteiger partial charge is 0.378 e. The smallest absolute Gasteiger partial charge is 0.228 e. The Hall–Kier alpha value is -1.40. The first kappa shape index (κ1) is 16.5. The van der Waals surface area contributed by atoms with Gasteiger partial charge >= 0.3 is 0 Å². The molecule has 2 atom stereocenters. The molecular formula is C17H27N3O3. The van der Waals surface area contributed by atoms with Gasteiger partial charge in [0.05, 0.1) is 17.7 Å². The third kappa shape index (κ3) is 3.58. The summed E-state index contributed by atoms with van der Waals surface area (Å²) in [5.41, 5.74) is 2.15. The van der Waals surface area contributed by atoms with Gasteiger partial charge in [0.2, 0.25) is 5.91 Å². The van der Waals surface area contributed by atoms with Crippen molar-refractivity contribution in [2.45, 2.75) is 46.3 Å². The summed E-state index contributed by atoms with van der Waals surface area (Å²) >= 11 is 0. The fourth-order valence-corrected chi connectivity index (χ4v) is 3.56. The minimum absolute atomic E-state index is 0.0397. The number of nitrogens with zero attached hydrogens (tertiary/aromatic N) is 3. The van der Waals surface area contributed by atoms with E-state index in [1.165, 1.54) is 5.56 Å². The van der Waals surface area contributed by atoms with E-state index in [-0.39, 0.29) is 17.9 Å². The average Bonchev–Trinajstić information content (AvgIpc) is 2.87. The summed E-state index contributed by atoms with van der Waals surface area (Å²) in [5, 5.41) is 4.01. The molecule has 3 heterocycles. The van der Waals surface area contributed by atoms with Gasteiger partial charge in [0.25, 0.3) is 0 Å². The maximum atomic E-state index is 12.7. The number of carbonyl (C=O) groups is 1. The van der Waals surface area contributed by atoms with Gasteiger partial charge in [-0.25, -0.2) is 0 Å². The third-order valence-corrected chi connectivity index (χ3v) is 5.17. The van der Waals surface area contributed by atoms with Gasteiger partial charge in [0.15, 0.2) is 0 Å². The first-order chi connectivity index (χ1) is 11.1. The first-order valence-electron chi connectivity index (χ1n) is 8.60. The van der Waals surface area contributed by atoms with Crippen molar-refractivity contribution in [1.29, 1.82) is 0 Å². The molecular weight excluding hydrogens is 294 g/mol. The molecule has 0 spiro atoms. The van der Waals surface area contributed by atoms with E-state index < -0.39 is 0 Å². The van der Waals surface area contributed by atoms with E-state index in [1.807, 2.05) is 25.7 Å². The molecule has 1 amide bonds. The number of hydrogen-bond acceptors (Lipinski definition) is 5. The summed E-state index contributed by atoms with van der Waals surface area (Å²) in [4.78, 5) is 17.1. The van der Waals surface area contributed by atoms with Crippen molar-refractivity contribution in [3.63, 3.8) is 0 Å². The second kappa shape index (κ2) is 7.01. The van der Waals surface area contributed by atoms with E-state index in [4.69, 9.17) is 9.26 Å². The molecule has 0 N–H and O–H groups in total. The zero-order valence-corrected chi connectivity index (χ0v) is 14.4. The van der Waals surface area contributed by atoms with Crippen LogP contribution in [0.2, 0.25) is 0 Å². The molecule has 0 aromatic carbocycles. The molecule has 1 aromatic heterocycles. The summed E-state index contributed by atoms with van der Waals surface area (Å²) in [7, 11) is 0. The Bertz CT molecular complexity index is 530. The fraction of sp³-hybridized carbons (Fsp3) is 0.765. The predicted octanol–water partition coefficient (Wildman–Crippen LogP) is 1.75. The standard InChI is InChI=1S/C17H27N3O3/c1-12-16(14(3)23-18-12)11-19-6-8-20(9-7-19)17(21)15-5-4-10-22-13(15)2/h13,15H,4-11H2,1-3H3/t13-,15-/m0/s1. The molecule has 2 aliphatic heterocycles. The van der Waals surface area contributed by atoms with Crippen molar-refractivity contribution in [3.8, 4) is 0 Å². The molecule has 3 rings (SSSR count). The van der Waals surface area contributed by atoms with E-state index in [9.17, 15) is 4.79 Å². The molecule has 6 nitrogen and oxygen atoms in total. The molecule has 2 saturated heterocycles. The SMILES string of the molecule is Cc1noc(C)c1CN1CCN(C(=O)[C@H]2CCCO[C@H]2C)CC1. The van der Waals surface area contributed by atoms with Crippen LogP contribution in [0.15, 0.2) is 4.52 Å². The lowest BCUT2D eigenvalue weighted by atomic mass is 9.93. The number of aromatic nitrogens is 1. The van der Waals surface area contributed by atoms with Crippen LogP contribution in [-0.2, 0) is 16.1 Å². The predicted molar refractivity (Wildman–Crippen MR) is 86.0 cm³/mol. The van der Waals surface area contributed by atoms with Gasteiger partial charge < -0.3 is 14.2 Å². The Morgan fingerprint density at radius 2 is 2.00 bits per heavy atom. The van der Waals surface area contributed by atoms with Crippen LogP contribution in [0.3, 0.4) is 0 Å². The Balaban J connectivity index is 1.53. The third-order valence-electron chi connectivity index (χ3n) is 5.17. The Labute approximate surface area is 137 Å². The van der Waals surface area contributed by atoms with Crippen molar-refractivity contribution in [2.24, 2.45) is 5.92 Å². The molecule has 0 radical (unpaired) electrons. The Morgan fingerprint density at radius 3 is 2.61 bits per heavy atom. The molecule has 0 saturated carbocycles. The second-order valence-electron chi connectivity index (χ2n) is 6.73. The van der Waals surface area contributed by atoms with Crippen LogP contribution in [0.25, 0.3) is 0 Å². The number of piperazine rings is 1. The molecule has 128 valence electrons. The van der Waals surface area contributed by atoms with Gasteiger partial charge in [-0.1, -0.05) is 5.16 Å². The van der Waals surface area contributed by atoms with Gasteiger partial charge in [0, 0.05) is 44.9 Å². The lowest BCUT2D eigenvalue weighted by molar-refractivity contribution is -0.145. The van der Waals surface area contributed by atoms with Gasteiger partial charge in [-0.15, -0.1) is 0 Å². The molecule has 6 heteroatoms. The normalized spacial score (nSPS) is 26.5. The number of aryl methyl sites for hydroxylation is 2. The van der Waals surface area contributed by atoms with Gasteiger partial charge in [0.1, 0.15) is 5.76 Å². The summed E-state index contributed by atoms with van der Waals surface area (Å²) in [6, 6.07) is 0. The second-order valence-corrected chi connectivity index (χ2v) is 6.73. The van der Waals surface area contributed by atoms with Crippen molar-refractivity contribution in [1.82, 2.24) is 15.0 Å². The van der Waals surface area contributed by atoms with Crippen molar-refractivity contribution in [3.05, 3.63) is 17.0 Å². The molecule has 2 fully saturated rings. The number of rotatable bonds is 3. The molecule has 0 bridgehead atoms. The molecule has 23 heavy (non-hydrogen) atoms. The number of ether oxygens (including phenoxy) is 1. The minimum Gasteiger partial charge on any atom is -0.378 e. The maximum absolute atomic E-state index is 12.7. The lowest BCUT2D eigenvalue weighted by Crippen LogP contribution is -2.52. The number of amides is 1. The van der Waals surface area contributed by atoms with Crippen molar-refractivity contribution >= 4 is 5.91 Å². The quantitative estimate of drug-likeness (QED) is 0.849. The average molecular weight is 321 g/mol. The molecule has 1 aromatic rings. The van der Waals surface area contributed by atoms with Crippen LogP contribution in [0.5, 0.6) is 0 Å². The zero-order valence-electron chi connectivity index (χ0n) is 14.4. The van der Waals surface area contributed by atoms with Crippen LogP contribution >= 0.6 is 0 Å². The first-order valence-corrected chi connectivity index (χ1v) is 8.60. The summed E-state index contributed by atoms with van der Waals surface area (Å²) < 4.78 is 10.9. The highest BCUT2D eigenvalue weighted by Gasteiger charge is 2.33. The van der Waals surface area contributed by atoms with E-state index in [2.05, 4.69) is 10.1 Å². The highest BCUT2D eigenvalue weighted by Crippen LogP contribution is 2.24.